The van der Waals surface area contributed by atoms with E-state index in [1.165, 1.54) is 6.07 Å². The van der Waals surface area contributed by atoms with E-state index in [0.717, 1.165) is 6.42 Å². The fourth-order valence-electron chi connectivity index (χ4n) is 1.62. The molecular formula is C15H21NO4. The van der Waals surface area contributed by atoms with Gasteiger partial charge >= 0.3 is 5.97 Å². The molecule has 1 atom stereocenters. The summed E-state index contributed by atoms with van der Waals surface area (Å²) in [5.41, 5.74) is 0.0503. The Kier molecular flexibility index (Phi) is 6.03. The Hall–Kier alpha value is -2.04. The highest BCUT2D eigenvalue weighted by Gasteiger charge is 2.18. The van der Waals surface area contributed by atoms with Crippen molar-refractivity contribution >= 4 is 11.9 Å². The number of nitrogens with one attached hydrogen (secondary N) is 1. The molecule has 0 aliphatic rings. The summed E-state index contributed by atoms with van der Waals surface area (Å²) in [6.45, 7) is 6.35. The Balaban J connectivity index is 2.59. The zero-order valence-electron chi connectivity index (χ0n) is 12.1. The lowest BCUT2D eigenvalue weighted by atomic mass is 10.1. The molecule has 0 heterocycles. The van der Waals surface area contributed by atoms with Gasteiger partial charge in [-0.2, -0.15) is 0 Å². The fraction of sp³-hybridized carbons (Fsp3) is 0.467. The number of hydrogen-bond donors (Lipinski definition) is 2. The summed E-state index contributed by atoms with van der Waals surface area (Å²) >= 11 is 0. The van der Waals surface area contributed by atoms with Crippen molar-refractivity contribution in [3.8, 4) is 5.75 Å². The summed E-state index contributed by atoms with van der Waals surface area (Å²) in [7, 11) is 0. The number of ether oxygens (including phenoxy) is 1. The van der Waals surface area contributed by atoms with Gasteiger partial charge in [-0.25, -0.2) is 4.79 Å². The van der Waals surface area contributed by atoms with Gasteiger partial charge in [-0.15, -0.1) is 0 Å². The highest BCUT2D eigenvalue weighted by atomic mass is 16.5. The first-order valence-electron chi connectivity index (χ1n) is 6.68. The van der Waals surface area contributed by atoms with Crippen LogP contribution in [0.25, 0.3) is 0 Å². The van der Waals surface area contributed by atoms with Gasteiger partial charge in [-0.3, -0.25) is 4.79 Å². The zero-order chi connectivity index (χ0) is 15.1. The first-order chi connectivity index (χ1) is 9.41. The Morgan fingerprint density at radius 2 is 1.90 bits per heavy atom. The second kappa shape index (κ2) is 7.53. The molecule has 0 aliphatic carbocycles. The number of carbonyl (C=O) groups is 2. The van der Waals surface area contributed by atoms with E-state index in [-0.39, 0.29) is 17.2 Å². The first-order valence-corrected chi connectivity index (χ1v) is 6.68. The number of carbonyl (C=O) groups excluding carboxylic acids is 1. The molecule has 2 N–H and O–H groups in total. The van der Waals surface area contributed by atoms with Crippen molar-refractivity contribution in [2.75, 3.05) is 6.54 Å². The van der Waals surface area contributed by atoms with Gasteiger partial charge < -0.3 is 15.2 Å². The summed E-state index contributed by atoms with van der Waals surface area (Å²) in [6, 6.07) is 6.28. The topological polar surface area (TPSA) is 75.6 Å². The molecule has 0 aliphatic heterocycles. The van der Waals surface area contributed by atoms with Crippen LogP contribution in [-0.4, -0.2) is 29.6 Å². The maximum atomic E-state index is 11.8. The van der Waals surface area contributed by atoms with Crippen LogP contribution in [0, 0.1) is 5.92 Å². The van der Waals surface area contributed by atoms with Crippen LogP contribution in [0.1, 0.15) is 37.6 Å². The SMILES string of the molecule is CC(C)CCNC(=O)C(C)Oc1ccccc1C(=O)O. The largest absolute Gasteiger partial charge is 0.480 e. The lowest BCUT2D eigenvalue weighted by Gasteiger charge is -2.16. The van der Waals surface area contributed by atoms with Gasteiger partial charge in [-0.1, -0.05) is 26.0 Å². The van der Waals surface area contributed by atoms with Crippen LogP contribution >= 0.6 is 0 Å². The number of aromatic carboxylic acids is 1. The molecule has 0 aromatic heterocycles. The molecule has 5 nitrogen and oxygen atoms in total. The molecule has 1 unspecified atom stereocenters. The number of amides is 1. The van der Waals surface area contributed by atoms with E-state index in [2.05, 4.69) is 19.2 Å². The molecule has 0 spiro atoms. The van der Waals surface area contributed by atoms with E-state index >= 15 is 0 Å². The smallest absolute Gasteiger partial charge is 0.339 e. The van der Waals surface area contributed by atoms with Crippen LogP contribution in [0.5, 0.6) is 5.75 Å². The molecular weight excluding hydrogens is 258 g/mol. The Morgan fingerprint density at radius 3 is 2.50 bits per heavy atom. The number of para-hydroxylation sites is 1. The molecule has 0 saturated carbocycles. The molecule has 1 rings (SSSR count). The third-order valence-electron chi connectivity index (χ3n) is 2.81. The molecule has 20 heavy (non-hydrogen) atoms. The van der Waals surface area contributed by atoms with Crippen LogP contribution in [0.4, 0.5) is 0 Å². The summed E-state index contributed by atoms with van der Waals surface area (Å²) in [5, 5.41) is 11.8. The summed E-state index contributed by atoms with van der Waals surface area (Å²) < 4.78 is 5.43. The summed E-state index contributed by atoms with van der Waals surface area (Å²) in [6.07, 6.45) is 0.159. The van der Waals surface area contributed by atoms with Crippen molar-refractivity contribution in [2.24, 2.45) is 5.92 Å². The maximum absolute atomic E-state index is 11.8. The van der Waals surface area contributed by atoms with Crippen LogP contribution < -0.4 is 10.1 Å². The van der Waals surface area contributed by atoms with E-state index in [1.54, 1.807) is 25.1 Å². The minimum absolute atomic E-state index is 0.0503. The van der Waals surface area contributed by atoms with Gasteiger partial charge in [0.2, 0.25) is 0 Å². The number of carboxylic acids is 1. The van der Waals surface area contributed by atoms with E-state index in [4.69, 9.17) is 9.84 Å². The summed E-state index contributed by atoms with van der Waals surface area (Å²) in [5.74, 6) is -0.607. The van der Waals surface area contributed by atoms with Crippen molar-refractivity contribution in [2.45, 2.75) is 33.3 Å². The van der Waals surface area contributed by atoms with Gasteiger partial charge in [0.15, 0.2) is 6.10 Å². The van der Waals surface area contributed by atoms with E-state index in [1.807, 2.05) is 0 Å². The van der Waals surface area contributed by atoms with Crippen LogP contribution in [0.2, 0.25) is 0 Å². The molecule has 5 heteroatoms. The molecule has 1 amide bonds. The van der Waals surface area contributed by atoms with Crippen molar-refractivity contribution < 1.29 is 19.4 Å². The molecule has 1 aromatic rings. The van der Waals surface area contributed by atoms with E-state index in [0.29, 0.717) is 12.5 Å². The van der Waals surface area contributed by atoms with Crippen LogP contribution in [0.15, 0.2) is 24.3 Å². The highest BCUT2D eigenvalue weighted by molar-refractivity contribution is 5.91. The molecule has 0 fully saturated rings. The van der Waals surface area contributed by atoms with Crippen LogP contribution in [-0.2, 0) is 4.79 Å². The van der Waals surface area contributed by atoms with Gasteiger partial charge in [0.1, 0.15) is 11.3 Å². The third kappa shape index (κ3) is 4.91. The standard InChI is InChI=1S/C15H21NO4/c1-10(2)8-9-16-14(17)11(3)20-13-7-5-4-6-12(13)15(18)19/h4-7,10-11H,8-9H2,1-3H3,(H,16,17)(H,18,19). The molecule has 0 saturated heterocycles. The predicted octanol–water partition coefficient (Wildman–Crippen LogP) is 2.31. The van der Waals surface area contributed by atoms with E-state index < -0.39 is 12.1 Å². The normalized spacial score (nSPS) is 12.0. The lowest BCUT2D eigenvalue weighted by molar-refractivity contribution is -0.127. The maximum Gasteiger partial charge on any atom is 0.339 e. The van der Waals surface area contributed by atoms with E-state index in [9.17, 15) is 9.59 Å². The molecule has 110 valence electrons. The highest BCUT2D eigenvalue weighted by Crippen LogP contribution is 2.19. The van der Waals surface area contributed by atoms with Gasteiger partial charge in [0.05, 0.1) is 0 Å². The number of benzene rings is 1. The minimum atomic E-state index is -1.08. The fourth-order valence-corrected chi connectivity index (χ4v) is 1.62. The number of carboxylic acid groups (broad SMARTS) is 1. The zero-order valence-corrected chi connectivity index (χ0v) is 12.1. The Morgan fingerprint density at radius 1 is 1.25 bits per heavy atom. The average Bonchev–Trinajstić information content (AvgIpc) is 2.38. The second-order valence-electron chi connectivity index (χ2n) is 5.03. The molecule has 1 aromatic carbocycles. The lowest BCUT2D eigenvalue weighted by Crippen LogP contribution is -2.37. The monoisotopic (exact) mass is 279 g/mol. The summed E-state index contributed by atoms with van der Waals surface area (Å²) in [4.78, 5) is 22.9. The van der Waals surface area contributed by atoms with Crippen molar-refractivity contribution in [3.63, 3.8) is 0 Å². The Labute approximate surface area is 118 Å². The quantitative estimate of drug-likeness (QED) is 0.803. The van der Waals surface area contributed by atoms with Crippen LogP contribution in [0.3, 0.4) is 0 Å². The molecule has 0 radical (unpaired) electrons. The minimum Gasteiger partial charge on any atom is -0.480 e. The molecule has 0 bridgehead atoms. The van der Waals surface area contributed by atoms with Crippen molar-refractivity contribution in [1.82, 2.24) is 5.32 Å². The van der Waals surface area contributed by atoms with Gasteiger partial charge in [0.25, 0.3) is 5.91 Å². The number of hydrogen-bond acceptors (Lipinski definition) is 3. The first kappa shape index (κ1) is 16.0. The van der Waals surface area contributed by atoms with Crippen molar-refractivity contribution in [1.29, 1.82) is 0 Å². The third-order valence-corrected chi connectivity index (χ3v) is 2.81. The van der Waals surface area contributed by atoms with Crippen molar-refractivity contribution in [3.05, 3.63) is 29.8 Å². The predicted molar refractivity (Wildman–Crippen MR) is 76.0 cm³/mol. The second-order valence-corrected chi connectivity index (χ2v) is 5.03. The average molecular weight is 279 g/mol. The number of rotatable bonds is 7. The van der Waals surface area contributed by atoms with Gasteiger partial charge in [-0.05, 0) is 31.4 Å². The van der Waals surface area contributed by atoms with Gasteiger partial charge in [0, 0.05) is 6.54 Å². The Bertz CT molecular complexity index is 471.